The van der Waals surface area contributed by atoms with Crippen LogP contribution in [0.25, 0.3) is 56.0 Å². The van der Waals surface area contributed by atoms with Gasteiger partial charge in [-0.2, -0.15) is 5.10 Å². The molecular formula is C28H24FN9O. The molecule has 0 radical (unpaired) electrons. The number of pyridine rings is 4. The van der Waals surface area contributed by atoms with Gasteiger partial charge in [0.15, 0.2) is 11.5 Å². The van der Waals surface area contributed by atoms with Gasteiger partial charge in [0.2, 0.25) is 5.91 Å². The number of fused-ring (bicyclic) bond motifs is 2. The van der Waals surface area contributed by atoms with Crippen molar-refractivity contribution in [2.75, 3.05) is 5.32 Å². The van der Waals surface area contributed by atoms with Crippen molar-refractivity contribution in [3.05, 3.63) is 67.3 Å². The minimum atomic E-state index is -0.533. The van der Waals surface area contributed by atoms with E-state index in [1.165, 1.54) is 18.6 Å². The van der Waals surface area contributed by atoms with Crippen LogP contribution in [0.2, 0.25) is 0 Å². The zero-order chi connectivity index (χ0) is 27.1. The second kappa shape index (κ2) is 9.35. The Kier molecular flexibility index (Phi) is 5.82. The minimum absolute atomic E-state index is 0.141. The molecule has 0 aliphatic carbocycles. The topological polar surface area (TPSA) is 138 Å². The third-order valence-electron chi connectivity index (χ3n) is 6.11. The smallest absolute Gasteiger partial charge is 0.224 e. The van der Waals surface area contributed by atoms with Crippen molar-refractivity contribution >= 4 is 33.7 Å². The number of carbonyl (C=O) groups excluding carboxylic acids is 1. The summed E-state index contributed by atoms with van der Waals surface area (Å²) >= 11 is 0. The number of aromatic nitrogens is 8. The molecule has 6 aromatic rings. The molecule has 6 heterocycles. The van der Waals surface area contributed by atoms with E-state index >= 15 is 4.39 Å². The molecule has 6 aromatic heterocycles. The number of hydrogen-bond donors (Lipinski definition) is 3. The maximum absolute atomic E-state index is 16.1. The van der Waals surface area contributed by atoms with Crippen LogP contribution in [-0.2, 0) is 4.79 Å². The van der Waals surface area contributed by atoms with Crippen molar-refractivity contribution in [2.24, 2.45) is 5.41 Å². The highest BCUT2D eigenvalue weighted by Crippen LogP contribution is 2.34. The first-order chi connectivity index (χ1) is 18.8. The van der Waals surface area contributed by atoms with Crippen LogP contribution in [0.15, 0.2) is 61.4 Å². The van der Waals surface area contributed by atoms with Gasteiger partial charge in [-0.05, 0) is 29.7 Å². The van der Waals surface area contributed by atoms with Crippen LogP contribution >= 0.6 is 0 Å². The molecule has 10 nitrogen and oxygen atoms in total. The van der Waals surface area contributed by atoms with E-state index in [-0.39, 0.29) is 33.6 Å². The van der Waals surface area contributed by atoms with Crippen LogP contribution in [0.5, 0.6) is 0 Å². The molecule has 0 fully saturated rings. The fourth-order valence-corrected chi connectivity index (χ4v) is 4.43. The fourth-order valence-electron chi connectivity index (χ4n) is 4.43. The van der Waals surface area contributed by atoms with Crippen LogP contribution in [0.1, 0.15) is 27.2 Å². The van der Waals surface area contributed by atoms with Crippen molar-refractivity contribution in [1.82, 2.24) is 40.1 Å². The van der Waals surface area contributed by atoms with Crippen molar-refractivity contribution < 1.29 is 9.18 Å². The summed E-state index contributed by atoms with van der Waals surface area (Å²) in [6.07, 6.45) is 9.89. The number of nitrogens with zero attached hydrogens (tertiary/aromatic N) is 6. The molecule has 39 heavy (non-hydrogen) atoms. The van der Waals surface area contributed by atoms with Crippen LogP contribution in [0.4, 0.5) is 10.1 Å². The zero-order valence-electron chi connectivity index (χ0n) is 21.5. The van der Waals surface area contributed by atoms with Crippen LogP contribution in [-0.4, -0.2) is 46.0 Å². The normalized spacial score (nSPS) is 11.8. The van der Waals surface area contributed by atoms with Gasteiger partial charge in [0.1, 0.15) is 17.0 Å². The standard InChI is InChI=1S/C28H24FN9O/c1-28(2,3)10-20(39)34-17-9-16(12-31-13-17)18-14-33-26-21(22(18)29)25(37-38-26)27-35-19-6-8-32-23(24(19)36-27)15-5-4-7-30-11-15/h4-9,11-14H,10H2,1-3H3,(H,34,39)(H,35,36)(H,33,37,38). The number of imidazole rings is 1. The fraction of sp³-hybridized carbons (Fsp3) is 0.179. The monoisotopic (exact) mass is 521 g/mol. The van der Waals surface area contributed by atoms with Gasteiger partial charge >= 0.3 is 0 Å². The minimum Gasteiger partial charge on any atom is -0.336 e. The van der Waals surface area contributed by atoms with Crippen molar-refractivity contribution in [3.8, 4) is 33.9 Å². The van der Waals surface area contributed by atoms with E-state index in [2.05, 4.69) is 40.4 Å². The molecule has 6 rings (SSSR count). The van der Waals surface area contributed by atoms with Crippen molar-refractivity contribution in [2.45, 2.75) is 27.2 Å². The Morgan fingerprint density at radius 2 is 1.85 bits per heavy atom. The van der Waals surface area contributed by atoms with E-state index < -0.39 is 5.82 Å². The molecule has 0 aliphatic rings. The number of halogens is 1. The number of rotatable bonds is 5. The number of aromatic amines is 2. The molecule has 194 valence electrons. The second-order valence-electron chi connectivity index (χ2n) is 10.4. The Bertz CT molecular complexity index is 1840. The van der Waals surface area contributed by atoms with E-state index in [1.807, 2.05) is 32.9 Å². The highest BCUT2D eigenvalue weighted by Gasteiger charge is 2.22. The van der Waals surface area contributed by atoms with Gasteiger partial charge in [-0.1, -0.05) is 20.8 Å². The van der Waals surface area contributed by atoms with E-state index in [9.17, 15) is 4.79 Å². The van der Waals surface area contributed by atoms with E-state index in [0.29, 0.717) is 34.7 Å². The van der Waals surface area contributed by atoms with Gasteiger partial charge in [-0.3, -0.25) is 24.8 Å². The Balaban J connectivity index is 1.40. The largest absolute Gasteiger partial charge is 0.336 e. The summed E-state index contributed by atoms with van der Waals surface area (Å²) in [7, 11) is 0. The van der Waals surface area contributed by atoms with Gasteiger partial charge in [0.05, 0.1) is 28.5 Å². The van der Waals surface area contributed by atoms with Gasteiger partial charge < -0.3 is 10.3 Å². The summed E-state index contributed by atoms with van der Waals surface area (Å²) < 4.78 is 16.1. The Hall–Kier alpha value is -5.06. The molecule has 1 amide bonds. The highest BCUT2D eigenvalue weighted by atomic mass is 19.1. The Labute approximate surface area is 222 Å². The number of amides is 1. The lowest BCUT2D eigenvalue weighted by Gasteiger charge is -2.17. The molecule has 11 heteroatoms. The molecule has 0 unspecified atom stereocenters. The number of anilines is 1. The lowest BCUT2D eigenvalue weighted by Crippen LogP contribution is -2.19. The number of nitrogens with one attached hydrogen (secondary N) is 3. The molecule has 0 atom stereocenters. The Morgan fingerprint density at radius 3 is 2.64 bits per heavy atom. The predicted molar refractivity (Wildman–Crippen MR) is 146 cm³/mol. The number of H-pyrrole nitrogens is 2. The molecule has 3 N–H and O–H groups in total. The van der Waals surface area contributed by atoms with Crippen molar-refractivity contribution in [3.63, 3.8) is 0 Å². The van der Waals surface area contributed by atoms with E-state index in [1.54, 1.807) is 30.7 Å². The first-order valence-electron chi connectivity index (χ1n) is 12.3. The summed E-state index contributed by atoms with van der Waals surface area (Å²) in [6.45, 7) is 5.95. The lowest BCUT2D eigenvalue weighted by molar-refractivity contribution is -0.117. The second-order valence-corrected chi connectivity index (χ2v) is 10.4. The molecule has 0 aromatic carbocycles. The van der Waals surface area contributed by atoms with Crippen LogP contribution in [0.3, 0.4) is 0 Å². The molecule has 0 saturated carbocycles. The first kappa shape index (κ1) is 24.3. The summed E-state index contributed by atoms with van der Waals surface area (Å²) in [5.74, 6) is -0.305. The van der Waals surface area contributed by atoms with Crippen molar-refractivity contribution in [1.29, 1.82) is 0 Å². The van der Waals surface area contributed by atoms with Crippen LogP contribution in [0, 0.1) is 11.2 Å². The summed E-state index contributed by atoms with van der Waals surface area (Å²) in [4.78, 5) is 37.6. The Morgan fingerprint density at radius 1 is 1.00 bits per heavy atom. The lowest BCUT2D eigenvalue weighted by atomic mass is 9.92. The van der Waals surface area contributed by atoms with Gasteiger partial charge in [-0.15, -0.1) is 0 Å². The quantitative estimate of drug-likeness (QED) is 0.271. The van der Waals surface area contributed by atoms with Crippen LogP contribution < -0.4 is 5.32 Å². The summed E-state index contributed by atoms with van der Waals surface area (Å²) in [5, 5.41) is 10.1. The van der Waals surface area contributed by atoms with Gasteiger partial charge in [0.25, 0.3) is 0 Å². The molecule has 0 spiro atoms. The molecule has 0 bridgehead atoms. The number of carbonyl (C=O) groups is 1. The van der Waals surface area contributed by atoms with E-state index in [0.717, 1.165) is 11.1 Å². The van der Waals surface area contributed by atoms with E-state index in [4.69, 9.17) is 4.98 Å². The first-order valence-corrected chi connectivity index (χ1v) is 12.3. The maximum Gasteiger partial charge on any atom is 0.224 e. The SMILES string of the molecule is CC(C)(C)CC(=O)Nc1cncc(-c2cnc3[nH]nc(-c4nc5c(-c6cccnc6)nccc5[nH]4)c3c2F)c1. The highest BCUT2D eigenvalue weighted by molar-refractivity contribution is 5.97. The van der Waals surface area contributed by atoms with Gasteiger partial charge in [0, 0.05) is 54.1 Å². The van der Waals surface area contributed by atoms with Gasteiger partial charge in [-0.25, -0.2) is 14.4 Å². The third-order valence-corrected chi connectivity index (χ3v) is 6.11. The average molecular weight is 522 g/mol. The third kappa shape index (κ3) is 4.70. The molecule has 0 aliphatic heterocycles. The summed E-state index contributed by atoms with van der Waals surface area (Å²) in [6, 6.07) is 7.20. The summed E-state index contributed by atoms with van der Waals surface area (Å²) in [5.41, 5.74) is 4.36. The zero-order valence-corrected chi connectivity index (χ0v) is 21.5. The average Bonchev–Trinajstić information content (AvgIpc) is 3.53. The number of hydrogen-bond acceptors (Lipinski definition) is 7. The predicted octanol–water partition coefficient (Wildman–Crippen LogP) is 5.53. The molecular weight excluding hydrogens is 497 g/mol. The maximum atomic E-state index is 16.1. The molecule has 0 saturated heterocycles.